The van der Waals surface area contributed by atoms with Crippen molar-refractivity contribution in [3.05, 3.63) is 24.3 Å². The Bertz CT molecular complexity index is 643. The second-order valence-corrected chi connectivity index (χ2v) is 7.19. The van der Waals surface area contributed by atoms with Gasteiger partial charge in [-0.15, -0.1) is 5.10 Å². The summed E-state index contributed by atoms with van der Waals surface area (Å²) in [7, 11) is 3.98. The molecule has 0 bridgehead atoms. The molecule has 0 saturated heterocycles. The van der Waals surface area contributed by atoms with E-state index in [1.54, 1.807) is 4.68 Å². The van der Waals surface area contributed by atoms with Crippen molar-refractivity contribution >= 4 is 23.2 Å². The van der Waals surface area contributed by atoms with Crippen LogP contribution in [-0.4, -0.2) is 45.8 Å². The summed E-state index contributed by atoms with van der Waals surface area (Å²) in [6.45, 7) is 5.75. The van der Waals surface area contributed by atoms with Gasteiger partial charge >= 0.3 is 0 Å². The minimum absolute atomic E-state index is 0.176. The molecule has 22 heavy (non-hydrogen) atoms. The molecule has 0 atom stereocenters. The Morgan fingerprint density at radius 1 is 1.23 bits per heavy atom. The molecule has 0 aliphatic carbocycles. The van der Waals surface area contributed by atoms with Gasteiger partial charge in [0.1, 0.15) is 5.78 Å². The van der Waals surface area contributed by atoms with Crippen molar-refractivity contribution < 1.29 is 4.79 Å². The highest BCUT2D eigenvalue weighted by atomic mass is 32.2. The average molecular weight is 319 g/mol. The quantitative estimate of drug-likeness (QED) is 0.789. The van der Waals surface area contributed by atoms with Gasteiger partial charge in [-0.05, 0) is 34.7 Å². The fourth-order valence-corrected chi connectivity index (χ4v) is 2.72. The summed E-state index contributed by atoms with van der Waals surface area (Å²) in [6, 6.07) is 7.93. The van der Waals surface area contributed by atoms with Crippen molar-refractivity contribution in [1.82, 2.24) is 20.2 Å². The molecular weight excluding hydrogens is 298 g/mol. The number of thioether (sulfide) groups is 1. The van der Waals surface area contributed by atoms with E-state index in [0.29, 0.717) is 10.9 Å². The first kappa shape index (κ1) is 16.5. The molecule has 1 heterocycles. The Kier molecular flexibility index (Phi) is 4.85. The second-order valence-electron chi connectivity index (χ2n) is 6.25. The van der Waals surface area contributed by atoms with Crippen molar-refractivity contribution in [3.8, 4) is 5.69 Å². The molecule has 2 rings (SSSR count). The van der Waals surface area contributed by atoms with Crippen LogP contribution < -0.4 is 4.90 Å². The van der Waals surface area contributed by atoms with Gasteiger partial charge in [0, 0.05) is 25.2 Å². The predicted octanol–water partition coefficient (Wildman–Crippen LogP) is 2.44. The number of anilines is 1. The van der Waals surface area contributed by atoms with E-state index in [0.717, 1.165) is 11.4 Å². The molecule has 0 N–H and O–H groups in total. The van der Waals surface area contributed by atoms with Crippen molar-refractivity contribution in [2.75, 3.05) is 24.7 Å². The zero-order valence-corrected chi connectivity index (χ0v) is 14.4. The first-order valence-corrected chi connectivity index (χ1v) is 8.00. The first-order chi connectivity index (χ1) is 10.3. The van der Waals surface area contributed by atoms with E-state index in [4.69, 9.17) is 0 Å². The summed E-state index contributed by atoms with van der Waals surface area (Å²) in [5, 5.41) is 12.4. The van der Waals surface area contributed by atoms with E-state index in [1.165, 1.54) is 11.8 Å². The summed E-state index contributed by atoms with van der Waals surface area (Å²) >= 11 is 1.36. The first-order valence-electron chi connectivity index (χ1n) is 7.01. The van der Waals surface area contributed by atoms with Gasteiger partial charge in [-0.3, -0.25) is 4.79 Å². The van der Waals surface area contributed by atoms with Crippen LogP contribution in [0.2, 0.25) is 0 Å². The second kappa shape index (κ2) is 6.48. The largest absolute Gasteiger partial charge is 0.378 e. The zero-order chi connectivity index (χ0) is 16.3. The summed E-state index contributed by atoms with van der Waals surface area (Å²) in [5.74, 6) is 0.537. The molecule has 0 radical (unpaired) electrons. The van der Waals surface area contributed by atoms with Crippen LogP contribution in [-0.2, 0) is 4.79 Å². The number of hydrogen-bond donors (Lipinski definition) is 0. The van der Waals surface area contributed by atoms with Gasteiger partial charge in [0.25, 0.3) is 0 Å². The van der Waals surface area contributed by atoms with Crippen LogP contribution in [0.25, 0.3) is 5.69 Å². The van der Waals surface area contributed by atoms with E-state index >= 15 is 0 Å². The maximum atomic E-state index is 12.0. The number of tetrazole rings is 1. The van der Waals surface area contributed by atoms with Gasteiger partial charge in [-0.25, -0.2) is 0 Å². The summed E-state index contributed by atoms with van der Waals surface area (Å²) < 4.78 is 1.65. The third kappa shape index (κ3) is 3.85. The van der Waals surface area contributed by atoms with Crippen molar-refractivity contribution in [1.29, 1.82) is 0 Å². The molecule has 0 spiro atoms. The lowest BCUT2D eigenvalue weighted by Crippen LogP contribution is -2.22. The molecule has 1 aromatic heterocycles. The molecule has 0 aliphatic heterocycles. The molecule has 1 aromatic carbocycles. The Hall–Kier alpha value is -1.89. The summed E-state index contributed by atoms with van der Waals surface area (Å²) in [6.07, 6.45) is 0. The number of rotatable bonds is 5. The number of nitrogens with zero attached hydrogens (tertiary/aromatic N) is 5. The Morgan fingerprint density at radius 3 is 2.41 bits per heavy atom. The van der Waals surface area contributed by atoms with E-state index in [-0.39, 0.29) is 11.2 Å². The maximum Gasteiger partial charge on any atom is 0.214 e. The van der Waals surface area contributed by atoms with Crippen LogP contribution in [0.1, 0.15) is 20.8 Å². The lowest BCUT2D eigenvalue weighted by molar-refractivity contribution is -0.123. The van der Waals surface area contributed by atoms with E-state index in [2.05, 4.69) is 15.5 Å². The number of hydrogen-bond acceptors (Lipinski definition) is 6. The highest BCUT2D eigenvalue weighted by Gasteiger charge is 2.22. The van der Waals surface area contributed by atoms with Crippen molar-refractivity contribution in [2.45, 2.75) is 25.9 Å². The standard InChI is InChI=1S/C15H21N5OS/c1-15(2,3)13(21)10-22-14-16-17-18-20(14)12-8-6-11(7-9-12)19(4)5/h6-9H,10H2,1-5H3. The minimum Gasteiger partial charge on any atom is -0.378 e. The number of benzene rings is 1. The fourth-order valence-electron chi connectivity index (χ4n) is 1.67. The van der Waals surface area contributed by atoms with Crippen LogP contribution in [0.4, 0.5) is 5.69 Å². The maximum absolute atomic E-state index is 12.0. The zero-order valence-electron chi connectivity index (χ0n) is 13.6. The molecule has 0 amide bonds. The van der Waals surface area contributed by atoms with Gasteiger partial charge < -0.3 is 4.90 Å². The van der Waals surface area contributed by atoms with Crippen LogP contribution in [0.5, 0.6) is 0 Å². The number of Topliss-reactive ketones (excluding diaryl/α,β-unsaturated/α-hetero) is 1. The molecule has 0 fully saturated rings. The lowest BCUT2D eigenvalue weighted by atomic mass is 9.92. The molecular formula is C15H21N5OS. The Morgan fingerprint density at radius 2 is 1.86 bits per heavy atom. The number of ketones is 1. The monoisotopic (exact) mass is 319 g/mol. The van der Waals surface area contributed by atoms with Crippen molar-refractivity contribution in [2.24, 2.45) is 5.41 Å². The normalized spacial score (nSPS) is 11.5. The highest BCUT2D eigenvalue weighted by molar-refractivity contribution is 7.99. The van der Waals surface area contributed by atoms with Gasteiger partial charge in [0.15, 0.2) is 0 Å². The SMILES string of the molecule is CN(C)c1ccc(-n2nnnc2SCC(=O)C(C)(C)C)cc1. The fraction of sp³-hybridized carbons (Fsp3) is 0.467. The molecule has 6 nitrogen and oxygen atoms in total. The Balaban J connectivity index is 2.14. The smallest absolute Gasteiger partial charge is 0.214 e. The van der Waals surface area contributed by atoms with Crippen LogP contribution in [0.3, 0.4) is 0 Å². The van der Waals surface area contributed by atoms with Crippen LogP contribution in [0.15, 0.2) is 29.4 Å². The molecule has 2 aromatic rings. The van der Waals surface area contributed by atoms with E-state index < -0.39 is 0 Å². The highest BCUT2D eigenvalue weighted by Crippen LogP contribution is 2.23. The Labute approximate surface area is 134 Å². The van der Waals surface area contributed by atoms with E-state index in [9.17, 15) is 4.79 Å². The predicted molar refractivity (Wildman–Crippen MR) is 88.7 cm³/mol. The molecule has 0 unspecified atom stereocenters. The molecule has 7 heteroatoms. The van der Waals surface area contributed by atoms with Crippen molar-refractivity contribution in [3.63, 3.8) is 0 Å². The third-order valence-electron chi connectivity index (χ3n) is 3.22. The molecule has 0 aliphatic rings. The summed E-state index contributed by atoms with van der Waals surface area (Å²) in [5.41, 5.74) is 1.63. The van der Waals surface area contributed by atoms with Gasteiger partial charge in [0.05, 0.1) is 11.4 Å². The molecule has 0 saturated carbocycles. The number of carbonyl (C=O) groups excluding carboxylic acids is 1. The number of aromatic nitrogens is 4. The van der Waals surface area contributed by atoms with Crippen LogP contribution in [0, 0.1) is 5.41 Å². The van der Waals surface area contributed by atoms with Crippen LogP contribution >= 0.6 is 11.8 Å². The summed E-state index contributed by atoms with van der Waals surface area (Å²) in [4.78, 5) is 14.1. The van der Waals surface area contributed by atoms with Gasteiger partial charge in [0.2, 0.25) is 5.16 Å². The topological polar surface area (TPSA) is 63.9 Å². The minimum atomic E-state index is -0.349. The third-order valence-corrected chi connectivity index (χ3v) is 4.14. The lowest BCUT2D eigenvalue weighted by Gasteiger charge is -2.15. The molecule has 118 valence electrons. The number of carbonyl (C=O) groups is 1. The van der Waals surface area contributed by atoms with E-state index in [1.807, 2.05) is 64.0 Å². The van der Waals surface area contributed by atoms with Gasteiger partial charge in [-0.2, -0.15) is 4.68 Å². The van der Waals surface area contributed by atoms with Gasteiger partial charge in [-0.1, -0.05) is 32.5 Å². The average Bonchev–Trinajstić information content (AvgIpc) is 2.92.